The molecule has 0 unspecified atom stereocenters. The number of guanidine groups is 1. The smallest absolute Gasteiger partial charge is 0.247 e. The Hall–Kier alpha value is -1.17. The van der Waals surface area contributed by atoms with Gasteiger partial charge in [0.1, 0.15) is 4.21 Å². The predicted octanol–water partition coefficient (Wildman–Crippen LogP) is -0.0201. The van der Waals surface area contributed by atoms with Crippen molar-refractivity contribution in [3.05, 3.63) is 17.0 Å². The average molecular weight is 395 g/mol. The van der Waals surface area contributed by atoms with Crippen molar-refractivity contribution < 1.29 is 16.8 Å². The van der Waals surface area contributed by atoms with Crippen molar-refractivity contribution in [1.29, 1.82) is 0 Å². The molecule has 0 amide bonds. The van der Waals surface area contributed by atoms with Crippen LogP contribution in [0.15, 0.2) is 21.3 Å². The average Bonchev–Trinajstić information content (AvgIpc) is 2.92. The van der Waals surface area contributed by atoms with Gasteiger partial charge < -0.3 is 10.2 Å². The lowest BCUT2D eigenvalue weighted by Gasteiger charge is -2.39. The lowest BCUT2D eigenvalue weighted by Crippen LogP contribution is -2.57. The van der Waals surface area contributed by atoms with E-state index in [4.69, 9.17) is 5.14 Å². The number of nitrogens with two attached hydrogens (primary N) is 1. The largest absolute Gasteiger partial charge is 0.351 e. The van der Waals surface area contributed by atoms with Crippen LogP contribution in [0.1, 0.15) is 18.7 Å². The second-order valence-electron chi connectivity index (χ2n) is 6.17. The van der Waals surface area contributed by atoms with Crippen LogP contribution in [0.4, 0.5) is 0 Å². The molecule has 1 saturated heterocycles. The maximum Gasteiger partial charge on any atom is 0.247 e. The normalized spacial score (nSPS) is 20.8. The summed E-state index contributed by atoms with van der Waals surface area (Å²) in [7, 11) is -5.18. The number of sulfonamides is 1. The van der Waals surface area contributed by atoms with E-state index in [1.54, 1.807) is 27.0 Å². The Bertz CT molecular complexity index is 840. The molecule has 2 heterocycles. The van der Waals surface area contributed by atoms with Gasteiger partial charge in [0.2, 0.25) is 10.0 Å². The highest BCUT2D eigenvalue weighted by molar-refractivity contribution is 7.92. The van der Waals surface area contributed by atoms with Gasteiger partial charge in [-0.2, -0.15) is 0 Å². The maximum atomic E-state index is 12.1. The van der Waals surface area contributed by atoms with Crippen molar-refractivity contribution in [2.75, 3.05) is 25.9 Å². The van der Waals surface area contributed by atoms with Crippen molar-refractivity contribution in [1.82, 2.24) is 10.2 Å². The van der Waals surface area contributed by atoms with E-state index in [0.29, 0.717) is 25.6 Å². The van der Waals surface area contributed by atoms with Crippen molar-refractivity contribution in [2.45, 2.75) is 29.3 Å². The molecule has 0 saturated carbocycles. The molecule has 2 rings (SSSR count). The van der Waals surface area contributed by atoms with Crippen LogP contribution in [0.2, 0.25) is 0 Å². The molecule has 136 valence electrons. The number of rotatable bonds is 3. The zero-order valence-electron chi connectivity index (χ0n) is 13.8. The number of primary sulfonamides is 1. The number of nitrogens with one attached hydrogen (secondary N) is 1. The van der Waals surface area contributed by atoms with E-state index in [1.165, 1.54) is 6.07 Å². The molecular weight excluding hydrogens is 372 g/mol. The van der Waals surface area contributed by atoms with Gasteiger partial charge in [0.15, 0.2) is 15.8 Å². The van der Waals surface area contributed by atoms with Crippen molar-refractivity contribution >= 4 is 37.2 Å². The molecule has 0 bridgehead atoms. The molecule has 11 heteroatoms. The van der Waals surface area contributed by atoms with E-state index >= 15 is 0 Å². The van der Waals surface area contributed by atoms with Gasteiger partial charge in [-0.05, 0) is 26.0 Å². The van der Waals surface area contributed by atoms with Gasteiger partial charge in [0.25, 0.3) is 0 Å². The maximum absolute atomic E-state index is 12.1. The van der Waals surface area contributed by atoms with Crippen LogP contribution in [-0.4, -0.2) is 58.3 Å². The summed E-state index contributed by atoms with van der Waals surface area (Å²) in [6, 6.07) is 3.16. The first-order chi connectivity index (χ1) is 11.0. The molecule has 1 aliphatic rings. The van der Waals surface area contributed by atoms with Crippen LogP contribution in [0.3, 0.4) is 0 Å². The Labute approximate surface area is 146 Å². The molecule has 8 nitrogen and oxygen atoms in total. The van der Waals surface area contributed by atoms with Gasteiger partial charge in [-0.25, -0.2) is 22.0 Å². The third-order valence-corrected chi connectivity index (χ3v) is 8.95. The fourth-order valence-electron chi connectivity index (χ4n) is 2.43. The number of hydrogen-bond acceptors (Lipinski definition) is 6. The fourth-order valence-corrected chi connectivity index (χ4v) is 5.51. The van der Waals surface area contributed by atoms with E-state index in [0.717, 1.165) is 16.2 Å². The second kappa shape index (κ2) is 6.62. The number of thiophene rings is 1. The zero-order chi connectivity index (χ0) is 18.2. The molecule has 0 spiro atoms. The Balaban J connectivity index is 2.05. The van der Waals surface area contributed by atoms with Crippen LogP contribution in [0.5, 0.6) is 0 Å². The molecule has 0 radical (unpaired) electrons. The van der Waals surface area contributed by atoms with E-state index in [1.807, 2.05) is 4.90 Å². The third-order valence-electron chi connectivity index (χ3n) is 3.89. The van der Waals surface area contributed by atoms with Crippen molar-refractivity contribution in [2.24, 2.45) is 10.1 Å². The molecule has 1 aromatic heterocycles. The summed E-state index contributed by atoms with van der Waals surface area (Å²) in [5, 5.41) is 8.24. The molecule has 24 heavy (non-hydrogen) atoms. The summed E-state index contributed by atoms with van der Waals surface area (Å²) in [6.45, 7) is 4.52. The minimum absolute atomic E-state index is 0.0786. The first-order valence-corrected chi connectivity index (χ1v) is 11.3. The highest BCUT2D eigenvalue weighted by Crippen LogP contribution is 2.24. The van der Waals surface area contributed by atoms with Gasteiger partial charge >= 0.3 is 0 Å². The van der Waals surface area contributed by atoms with Crippen molar-refractivity contribution in [3.63, 3.8) is 0 Å². The molecule has 0 aromatic carbocycles. The van der Waals surface area contributed by atoms with Crippen LogP contribution in [0, 0.1) is 0 Å². The molecular formula is C13H22N4O4S3. The minimum atomic E-state index is -3.69. The lowest BCUT2D eigenvalue weighted by molar-refractivity contribution is 0.353. The Morgan fingerprint density at radius 2 is 2.12 bits per heavy atom. The van der Waals surface area contributed by atoms with Gasteiger partial charge in [-0.1, -0.05) is 0 Å². The van der Waals surface area contributed by atoms with Gasteiger partial charge in [-0.15, -0.1) is 11.3 Å². The van der Waals surface area contributed by atoms with Crippen molar-refractivity contribution in [3.8, 4) is 0 Å². The Morgan fingerprint density at radius 1 is 1.46 bits per heavy atom. The van der Waals surface area contributed by atoms with Gasteiger partial charge in [0, 0.05) is 25.0 Å². The minimum Gasteiger partial charge on any atom is -0.351 e. The molecule has 3 N–H and O–H groups in total. The van der Waals surface area contributed by atoms with Crippen LogP contribution in [0.25, 0.3) is 0 Å². The Morgan fingerprint density at radius 3 is 2.62 bits per heavy atom. The predicted molar refractivity (Wildman–Crippen MR) is 95.3 cm³/mol. The topological polar surface area (TPSA) is 122 Å². The fraction of sp³-hybridized carbons (Fsp3) is 0.615. The second-order valence-corrected chi connectivity index (χ2v) is 11.9. The van der Waals surface area contributed by atoms with Crippen LogP contribution in [-0.2, 0) is 26.4 Å². The molecule has 1 fully saturated rings. The summed E-state index contributed by atoms with van der Waals surface area (Å²) in [6.07, 6.45) is 0. The van der Waals surface area contributed by atoms with E-state index in [2.05, 4.69) is 10.3 Å². The monoisotopic (exact) mass is 394 g/mol. The summed E-state index contributed by atoms with van der Waals surface area (Å²) < 4.78 is 46.0. The number of hydrogen-bond donors (Lipinski definition) is 2. The Kier molecular flexibility index (Phi) is 5.28. The molecule has 0 atom stereocenters. The first kappa shape index (κ1) is 19.2. The summed E-state index contributed by atoms with van der Waals surface area (Å²) in [4.78, 5) is 6.89. The number of aliphatic imine (C=N–C) groups is 1. The number of nitrogens with zero attached hydrogens (tertiary/aromatic N) is 2. The SMILES string of the molecule is CN=C(NCc1ccc(S(N)(=O)=O)s1)N1CCS(=O)(=O)C(C)(C)C1. The van der Waals surface area contributed by atoms with Crippen LogP contribution < -0.4 is 10.5 Å². The molecule has 1 aromatic rings. The third kappa shape index (κ3) is 4.08. The highest BCUT2D eigenvalue weighted by atomic mass is 32.2. The molecule has 0 aliphatic carbocycles. The molecule has 1 aliphatic heterocycles. The highest BCUT2D eigenvalue weighted by Gasteiger charge is 2.40. The van der Waals surface area contributed by atoms with E-state index < -0.39 is 24.6 Å². The lowest BCUT2D eigenvalue weighted by atomic mass is 10.2. The summed E-state index contributed by atoms with van der Waals surface area (Å²) in [5.41, 5.74) is 0. The van der Waals surface area contributed by atoms with E-state index in [-0.39, 0.29) is 9.96 Å². The van der Waals surface area contributed by atoms with E-state index in [9.17, 15) is 16.8 Å². The zero-order valence-corrected chi connectivity index (χ0v) is 16.3. The first-order valence-electron chi connectivity index (χ1n) is 7.26. The van der Waals surface area contributed by atoms with Crippen LogP contribution >= 0.6 is 11.3 Å². The quantitative estimate of drug-likeness (QED) is 0.549. The summed E-state index contributed by atoms with van der Waals surface area (Å²) in [5.74, 6) is 0.665. The number of sulfone groups is 1. The summed E-state index contributed by atoms with van der Waals surface area (Å²) >= 11 is 1.09. The van der Waals surface area contributed by atoms with Gasteiger partial charge in [-0.3, -0.25) is 4.99 Å². The van der Waals surface area contributed by atoms with Gasteiger partial charge in [0.05, 0.1) is 17.0 Å². The standard InChI is InChI=1S/C13H22N4O4S3/c1-13(2)9-17(6-7-23(13,18)19)12(15-3)16-8-10-4-5-11(22-10)24(14,20)21/h4-5H,6-9H2,1-3H3,(H,15,16)(H2,14,20,21).